The van der Waals surface area contributed by atoms with Crippen LogP contribution in [0, 0.1) is 11.8 Å². The van der Waals surface area contributed by atoms with Crippen LogP contribution in [0.4, 0.5) is 8.78 Å². The maximum atomic E-state index is 13.4. The van der Waals surface area contributed by atoms with E-state index in [-0.39, 0.29) is 24.3 Å². The zero-order valence-corrected chi connectivity index (χ0v) is 10.9. The largest absolute Gasteiger partial charge is 0.488 e. The molecular weight excluding hydrogens is 244 g/mol. The summed E-state index contributed by atoms with van der Waals surface area (Å²) in [6.07, 6.45) is 2.42. The van der Waals surface area contributed by atoms with Gasteiger partial charge in [-0.1, -0.05) is 0 Å². The molecule has 2 aliphatic carbocycles. The predicted molar refractivity (Wildman–Crippen MR) is 66.4 cm³/mol. The molecule has 2 nitrogen and oxygen atoms in total. The fourth-order valence-electron chi connectivity index (χ4n) is 3.47. The number of rotatable bonds is 4. The molecule has 2 rings (SSSR count). The Morgan fingerprint density at radius 2 is 2.06 bits per heavy atom. The minimum atomic E-state index is -2.46. The Bertz CT molecular complexity index is 300. The van der Waals surface area contributed by atoms with E-state index in [0.29, 0.717) is 18.9 Å². The lowest BCUT2D eigenvalue weighted by Gasteiger charge is -2.31. The molecule has 0 aromatic carbocycles. The summed E-state index contributed by atoms with van der Waals surface area (Å²) in [5.41, 5.74) is 1.10. The van der Waals surface area contributed by atoms with Crippen LogP contribution < -0.4 is 5.32 Å². The standard InChI is InChI=1S/C12H19F2NOS/c1-15-11(7-16-8-17)4-9-2-3-12(13,14)6-10(9)5-11/h8-10,15H,2-7H2,1H3. The molecule has 0 aromatic heterocycles. The van der Waals surface area contributed by atoms with E-state index in [0.717, 1.165) is 12.8 Å². The zero-order chi connectivity index (χ0) is 12.5. The molecule has 0 heterocycles. The number of fused-ring (bicyclic) bond motifs is 1. The second-order valence-corrected chi connectivity index (χ2v) is 5.66. The van der Waals surface area contributed by atoms with Gasteiger partial charge >= 0.3 is 0 Å². The predicted octanol–water partition coefficient (Wildman–Crippen LogP) is 2.76. The summed E-state index contributed by atoms with van der Waals surface area (Å²) in [4.78, 5) is 0. The Balaban J connectivity index is 2.03. The minimum absolute atomic E-state index is 0.0404. The van der Waals surface area contributed by atoms with Gasteiger partial charge in [0, 0.05) is 12.8 Å². The van der Waals surface area contributed by atoms with Crippen LogP contribution in [-0.4, -0.2) is 30.7 Å². The van der Waals surface area contributed by atoms with Gasteiger partial charge in [0.25, 0.3) is 0 Å². The van der Waals surface area contributed by atoms with Gasteiger partial charge in [0.05, 0.1) is 5.54 Å². The summed E-state index contributed by atoms with van der Waals surface area (Å²) in [7, 11) is 1.88. The van der Waals surface area contributed by atoms with Crippen LogP contribution in [-0.2, 0) is 4.74 Å². The Hall–Kier alpha value is -0.290. The second kappa shape index (κ2) is 4.76. The maximum absolute atomic E-state index is 13.4. The normalized spacial score (nSPS) is 39.7. The topological polar surface area (TPSA) is 21.3 Å². The number of ether oxygens (including phenoxy) is 1. The molecule has 17 heavy (non-hydrogen) atoms. The second-order valence-electron chi connectivity index (χ2n) is 5.46. The molecule has 0 amide bonds. The zero-order valence-electron chi connectivity index (χ0n) is 10.0. The summed E-state index contributed by atoms with van der Waals surface area (Å²) in [5.74, 6) is -1.92. The lowest BCUT2D eigenvalue weighted by atomic mass is 9.80. The molecule has 3 atom stereocenters. The number of thiocarbonyl (C=S) groups is 1. The van der Waals surface area contributed by atoms with Crippen molar-refractivity contribution >= 4 is 17.8 Å². The van der Waals surface area contributed by atoms with Crippen molar-refractivity contribution in [1.29, 1.82) is 0 Å². The van der Waals surface area contributed by atoms with Crippen LogP contribution in [0.2, 0.25) is 0 Å². The van der Waals surface area contributed by atoms with Crippen molar-refractivity contribution in [2.75, 3.05) is 13.7 Å². The third-order valence-corrected chi connectivity index (χ3v) is 4.51. The van der Waals surface area contributed by atoms with Crippen LogP contribution in [0.15, 0.2) is 0 Å². The van der Waals surface area contributed by atoms with Gasteiger partial charge in [-0.05, 0) is 50.4 Å². The van der Waals surface area contributed by atoms with Gasteiger partial charge in [0.1, 0.15) is 12.2 Å². The van der Waals surface area contributed by atoms with Gasteiger partial charge in [0.15, 0.2) is 0 Å². The highest BCUT2D eigenvalue weighted by Crippen LogP contribution is 2.51. The van der Waals surface area contributed by atoms with Gasteiger partial charge in [0.2, 0.25) is 5.92 Å². The number of halogens is 2. The average molecular weight is 263 g/mol. The molecule has 0 bridgehead atoms. The summed E-state index contributed by atoms with van der Waals surface area (Å²) in [6.45, 7) is 0.492. The first-order chi connectivity index (χ1) is 8.00. The number of alkyl halides is 2. The Kier molecular flexibility index (Phi) is 3.69. The summed E-state index contributed by atoms with van der Waals surface area (Å²) in [6, 6.07) is 0. The SMILES string of the molecule is CNC1(COC=S)CC2CCC(F)(F)CC2C1. The van der Waals surface area contributed by atoms with Gasteiger partial charge in [-0.15, -0.1) is 0 Å². The van der Waals surface area contributed by atoms with Crippen molar-refractivity contribution in [3.05, 3.63) is 0 Å². The van der Waals surface area contributed by atoms with E-state index in [1.165, 1.54) is 5.55 Å². The van der Waals surface area contributed by atoms with Crippen LogP contribution in [0.1, 0.15) is 32.1 Å². The molecule has 1 N–H and O–H groups in total. The van der Waals surface area contributed by atoms with Crippen LogP contribution in [0.25, 0.3) is 0 Å². The average Bonchev–Trinajstić information content (AvgIpc) is 2.63. The molecule has 0 aromatic rings. The van der Waals surface area contributed by atoms with Gasteiger partial charge < -0.3 is 10.1 Å². The van der Waals surface area contributed by atoms with E-state index in [9.17, 15) is 8.78 Å². The fourth-order valence-corrected chi connectivity index (χ4v) is 3.53. The number of hydrogen-bond donors (Lipinski definition) is 1. The molecular formula is C12H19F2NOS. The van der Waals surface area contributed by atoms with Crippen molar-refractivity contribution in [2.45, 2.75) is 43.6 Å². The molecule has 98 valence electrons. The third kappa shape index (κ3) is 2.76. The van der Waals surface area contributed by atoms with Crippen LogP contribution >= 0.6 is 12.2 Å². The highest BCUT2D eigenvalue weighted by atomic mass is 32.1. The van der Waals surface area contributed by atoms with E-state index < -0.39 is 5.92 Å². The molecule has 0 spiro atoms. The van der Waals surface area contributed by atoms with Crippen LogP contribution in [0.5, 0.6) is 0 Å². The van der Waals surface area contributed by atoms with E-state index in [1.54, 1.807) is 0 Å². The van der Waals surface area contributed by atoms with Crippen molar-refractivity contribution in [2.24, 2.45) is 11.8 Å². The van der Waals surface area contributed by atoms with Crippen molar-refractivity contribution in [3.63, 3.8) is 0 Å². The molecule has 0 radical (unpaired) electrons. The molecule has 3 unspecified atom stereocenters. The molecule has 0 aliphatic heterocycles. The highest BCUT2D eigenvalue weighted by molar-refractivity contribution is 7.78. The molecule has 0 saturated heterocycles. The lowest BCUT2D eigenvalue weighted by Crippen LogP contribution is -2.45. The smallest absolute Gasteiger partial charge is 0.248 e. The molecule has 2 saturated carbocycles. The summed E-state index contributed by atoms with van der Waals surface area (Å²) >= 11 is 4.65. The van der Waals surface area contributed by atoms with Gasteiger partial charge in [-0.3, -0.25) is 0 Å². The van der Waals surface area contributed by atoms with E-state index in [2.05, 4.69) is 17.5 Å². The quantitative estimate of drug-likeness (QED) is 0.788. The summed E-state index contributed by atoms with van der Waals surface area (Å²) in [5, 5.41) is 3.26. The first-order valence-electron chi connectivity index (χ1n) is 6.12. The van der Waals surface area contributed by atoms with Crippen molar-refractivity contribution in [3.8, 4) is 0 Å². The first kappa shape index (κ1) is 13.1. The number of nitrogens with one attached hydrogen (secondary N) is 1. The third-order valence-electron chi connectivity index (χ3n) is 4.37. The Morgan fingerprint density at radius 1 is 1.35 bits per heavy atom. The van der Waals surface area contributed by atoms with Crippen molar-refractivity contribution in [1.82, 2.24) is 5.32 Å². The Morgan fingerprint density at radius 3 is 2.71 bits per heavy atom. The molecule has 5 heteroatoms. The monoisotopic (exact) mass is 263 g/mol. The molecule has 2 fully saturated rings. The maximum Gasteiger partial charge on any atom is 0.248 e. The van der Waals surface area contributed by atoms with E-state index in [1.807, 2.05) is 7.05 Å². The van der Waals surface area contributed by atoms with Gasteiger partial charge in [-0.25, -0.2) is 8.78 Å². The van der Waals surface area contributed by atoms with Crippen LogP contribution in [0.3, 0.4) is 0 Å². The first-order valence-corrected chi connectivity index (χ1v) is 6.59. The molecule has 2 aliphatic rings. The van der Waals surface area contributed by atoms with E-state index in [4.69, 9.17) is 4.74 Å². The lowest BCUT2D eigenvalue weighted by molar-refractivity contribution is -0.0635. The number of hydrogen-bond acceptors (Lipinski definition) is 3. The van der Waals surface area contributed by atoms with E-state index >= 15 is 0 Å². The minimum Gasteiger partial charge on any atom is -0.488 e. The van der Waals surface area contributed by atoms with Gasteiger partial charge in [-0.2, -0.15) is 0 Å². The summed E-state index contributed by atoms with van der Waals surface area (Å²) < 4.78 is 32.0. The highest BCUT2D eigenvalue weighted by Gasteiger charge is 2.51. The fraction of sp³-hybridized carbons (Fsp3) is 0.917. The van der Waals surface area contributed by atoms with Crippen molar-refractivity contribution < 1.29 is 13.5 Å². The number of likely N-dealkylation sites (N-methyl/N-ethyl adjacent to an activating group) is 1. The Labute approximate surface area is 106 Å².